The van der Waals surface area contributed by atoms with Crippen molar-refractivity contribution in [3.63, 3.8) is 0 Å². The van der Waals surface area contributed by atoms with E-state index >= 15 is 0 Å². The van der Waals surface area contributed by atoms with Gasteiger partial charge < -0.3 is 4.74 Å². The normalized spacial score (nSPS) is 12.6. The van der Waals surface area contributed by atoms with Gasteiger partial charge in [-0.2, -0.15) is 0 Å². The third-order valence-corrected chi connectivity index (χ3v) is 3.28. The summed E-state index contributed by atoms with van der Waals surface area (Å²) in [5, 5.41) is 0.512. The molecule has 112 valence electrons. The maximum Gasteiger partial charge on any atom is 0.329 e. The van der Waals surface area contributed by atoms with E-state index in [1.54, 1.807) is 25.1 Å². The van der Waals surface area contributed by atoms with Crippen LogP contribution in [-0.4, -0.2) is 22.1 Å². The van der Waals surface area contributed by atoms with Gasteiger partial charge in [0.15, 0.2) is 0 Å². The van der Waals surface area contributed by atoms with Gasteiger partial charge in [0.25, 0.3) is 5.56 Å². The lowest BCUT2D eigenvalue weighted by atomic mass is 10.0. The van der Waals surface area contributed by atoms with Crippen LogP contribution in [-0.2, 0) is 9.53 Å². The van der Waals surface area contributed by atoms with E-state index in [-0.39, 0.29) is 17.4 Å². The number of nitrogens with zero attached hydrogens (tertiary/aromatic N) is 2. The van der Waals surface area contributed by atoms with Crippen molar-refractivity contribution >= 4 is 16.9 Å². The first-order valence-electron chi connectivity index (χ1n) is 7.17. The summed E-state index contributed by atoms with van der Waals surface area (Å²) in [7, 11) is 0. The van der Waals surface area contributed by atoms with Crippen LogP contribution in [0.2, 0.25) is 0 Å². The van der Waals surface area contributed by atoms with Gasteiger partial charge in [0.05, 0.1) is 23.8 Å². The van der Waals surface area contributed by atoms with Gasteiger partial charge in [-0.05, 0) is 31.4 Å². The molecule has 21 heavy (non-hydrogen) atoms. The summed E-state index contributed by atoms with van der Waals surface area (Å²) >= 11 is 0. The number of carbonyl (C=O) groups excluding carboxylic acids is 1. The Morgan fingerprint density at radius 1 is 1.33 bits per heavy atom. The Balaban J connectivity index is 2.51. The fourth-order valence-corrected chi connectivity index (χ4v) is 2.31. The monoisotopic (exact) mass is 288 g/mol. The molecule has 1 aromatic carbocycles. The molecular weight excluding hydrogens is 268 g/mol. The molecule has 0 N–H and O–H groups in total. The Morgan fingerprint density at radius 3 is 2.71 bits per heavy atom. The van der Waals surface area contributed by atoms with Crippen LogP contribution in [0.15, 0.2) is 35.4 Å². The third kappa shape index (κ3) is 3.29. The van der Waals surface area contributed by atoms with Crippen LogP contribution < -0.4 is 5.56 Å². The Bertz CT molecular complexity index is 691. The van der Waals surface area contributed by atoms with E-state index in [1.807, 2.05) is 19.9 Å². The van der Waals surface area contributed by atoms with E-state index in [9.17, 15) is 9.59 Å². The highest BCUT2D eigenvalue weighted by Gasteiger charge is 2.24. The highest BCUT2D eigenvalue weighted by Crippen LogP contribution is 2.18. The van der Waals surface area contributed by atoms with Crippen molar-refractivity contribution in [1.82, 2.24) is 9.55 Å². The van der Waals surface area contributed by atoms with Crippen molar-refractivity contribution in [3.8, 4) is 0 Å². The molecule has 2 aromatic rings. The molecular formula is C16H20N2O3. The number of rotatable bonds is 5. The molecule has 0 radical (unpaired) electrons. The van der Waals surface area contributed by atoms with E-state index < -0.39 is 6.04 Å². The number of fused-ring (bicyclic) bond motifs is 1. The molecule has 1 atom stereocenters. The van der Waals surface area contributed by atoms with Crippen LogP contribution in [0, 0.1) is 5.92 Å². The van der Waals surface area contributed by atoms with Gasteiger partial charge in [0.1, 0.15) is 6.04 Å². The van der Waals surface area contributed by atoms with Crippen LogP contribution >= 0.6 is 0 Å². The molecule has 0 spiro atoms. The van der Waals surface area contributed by atoms with Crippen LogP contribution in [0.4, 0.5) is 0 Å². The summed E-state index contributed by atoms with van der Waals surface area (Å²) in [6, 6.07) is 6.49. The van der Waals surface area contributed by atoms with Crippen molar-refractivity contribution in [2.24, 2.45) is 5.92 Å². The molecule has 1 heterocycles. The average molecular weight is 288 g/mol. The topological polar surface area (TPSA) is 61.2 Å². The van der Waals surface area contributed by atoms with E-state index in [1.165, 1.54) is 10.9 Å². The molecule has 0 saturated carbocycles. The molecule has 0 aliphatic rings. The highest BCUT2D eigenvalue weighted by atomic mass is 16.5. The number of hydrogen-bond acceptors (Lipinski definition) is 4. The minimum Gasteiger partial charge on any atom is -0.464 e. The fraction of sp³-hybridized carbons (Fsp3) is 0.438. The Morgan fingerprint density at radius 2 is 2.05 bits per heavy atom. The molecule has 0 aliphatic carbocycles. The zero-order valence-corrected chi connectivity index (χ0v) is 12.6. The van der Waals surface area contributed by atoms with Gasteiger partial charge in [-0.15, -0.1) is 0 Å². The lowest BCUT2D eigenvalue weighted by Gasteiger charge is -2.20. The van der Waals surface area contributed by atoms with E-state index in [2.05, 4.69) is 4.98 Å². The summed E-state index contributed by atoms with van der Waals surface area (Å²) < 4.78 is 6.49. The molecule has 0 saturated heterocycles. The standard InChI is InChI=1S/C16H20N2O3/c1-4-21-16(20)14(9-11(2)3)18-10-17-13-8-6-5-7-12(13)15(18)19/h5-8,10-11,14H,4,9H2,1-3H3. The predicted octanol–water partition coefficient (Wildman–Crippen LogP) is 2.55. The second-order valence-corrected chi connectivity index (χ2v) is 5.37. The first kappa shape index (κ1) is 15.2. The quantitative estimate of drug-likeness (QED) is 0.793. The van der Waals surface area contributed by atoms with Gasteiger partial charge in [0.2, 0.25) is 0 Å². The number of carbonyl (C=O) groups is 1. The second kappa shape index (κ2) is 6.52. The van der Waals surface area contributed by atoms with Crippen molar-refractivity contribution in [1.29, 1.82) is 0 Å². The summed E-state index contributed by atoms with van der Waals surface area (Å²) in [5.74, 6) is -0.122. The average Bonchev–Trinajstić information content (AvgIpc) is 2.46. The van der Waals surface area contributed by atoms with Gasteiger partial charge in [-0.3, -0.25) is 9.36 Å². The maximum atomic E-state index is 12.6. The van der Waals surface area contributed by atoms with Crippen molar-refractivity contribution in [2.75, 3.05) is 6.61 Å². The minimum atomic E-state index is -0.630. The molecule has 5 nitrogen and oxygen atoms in total. The highest BCUT2D eigenvalue weighted by molar-refractivity contribution is 5.78. The van der Waals surface area contributed by atoms with Crippen LogP contribution in [0.5, 0.6) is 0 Å². The number of benzene rings is 1. The zero-order valence-electron chi connectivity index (χ0n) is 12.6. The summed E-state index contributed by atoms with van der Waals surface area (Å²) in [5.41, 5.74) is 0.421. The lowest BCUT2D eigenvalue weighted by Crippen LogP contribution is -2.32. The third-order valence-electron chi connectivity index (χ3n) is 3.28. The second-order valence-electron chi connectivity index (χ2n) is 5.37. The van der Waals surface area contributed by atoms with Gasteiger partial charge in [0, 0.05) is 0 Å². The van der Waals surface area contributed by atoms with Crippen LogP contribution in [0.1, 0.15) is 33.2 Å². The summed E-state index contributed by atoms with van der Waals surface area (Å²) in [6.07, 6.45) is 1.98. The Kier molecular flexibility index (Phi) is 4.73. The molecule has 2 rings (SSSR count). The Hall–Kier alpha value is -2.17. The molecule has 0 bridgehead atoms. The molecule has 5 heteroatoms. The van der Waals surface area contributed by atoms with Gasteiger partial charge >= 0.3 is 5.97 Å². The summed E-state index contributed by atoms with van der Waals surface area (Å²) in [4.78, 5) is 29.0. The molecule has 0 aliphatic heterocycles. The number of aromatic nitrogens is 2. The predicted molar refractivity (Wildman–Crippen MR) is 81.1 cm³/mol. The first-order valence-corrected chi connectivity index (χ1v) is 7.17. The van der Waals surface area contributed by atoms with Gasteiger partial charge in [-0.1, -0.05) is 26.0 Å². The van der Waals surface area contributed by atoms with Gasteiger partial charge in [-0.25, -0.2) is 9.78 Å². The first-order chi connectivity index (χ1) is 10.0. The van der Waals surface area contributed by atoms with E-state index in [0.717, 1.165) is 0 Å². The molecule has 0 fully saturated rings. The molecule has 1 aromatic heterocycles. The lowest BCUT2D eigenvalue weighted by molar-refractivity contribution is -0.147. The van der Waals surface area contributed by atoms with Crippen LogP contribution in [0.3, 0.4) is 0 Å². The minimum absolute atomic E-state index is 0.209. The molecule has 0 amide bonds. The largest absolute Gasteiger partial charge is 0.464 e. The SMILES string of the molecule is CCOC(=O)C(CC(C)C)n1cnc2ccccc2c1=O. The Labute approximate surface area is 123 Å². The van der Waals surface area contributed by atoms with Crippen molar-refractivity contribution in [2.45, 2.75) is 33.2 Å². The number of ether oxygens (including phenoxy) is 1. The summed E-state index contributed by atoms with van der Waals surface area (Å²) in [6.45, 7) is 6.06. The van der Waals surface area contributed by atoms with Crippen molar-refractivity contribution < 1.29 is 9.53 Å². The van der Waals surface area contributed by atoms with Crippen LogP contribution in [0.25, 0.3) is 10.9 Å². The molecule has 1 unspecified atom stereocenters. The van der Waals surface area contributed by atoms with E-state index in [0.29, 0.717) is 23.9 Å². The number of para-hydroxylation sites is 1. The van der Waals surface area contributed by atoms with E-state index in [4.69, 9.17) is 4.74 Å². The number of hydrogen-bond donors (Lipinski definition) is 0. The van der Waals surface area contributed by atoms with Crippen molar-refractivity contribution in [3.05, 3.63) is 40.9 Å². The number of esters is 1. The maximum absolute atomic E-state index is 12.6. The zero-order chi connectivity index (χ0) is 15.4. The smallest absolute Gasteiger partial charge is 0.329 e. The fourth-order valence-electron chi connectivity index (χ4n) is 2.31.